The van der Waals surface area contributed by atoms with E-state index >= 15 is 0 Å². The first kappa shape index (κ1) is 14.4. The van der Waals surface area contributed by atoms with Crippen molar-refractivity contribution in [2.45, 2.75) is 12.4 Å². The van der Waals surface area contributed by atoms with Crippen LogP contribution in [0, 0.1) is 46.3 Å². The summed E-state index contributed by atoms with van der Waals surface area (Å²) < 4.78 is 75.1. The topological polar surface area (TPSA) is 47.6 Å². The van der Waals surface area contributed by atoms with E-state index in [0.717, 1.165) is 0 Å². The fraction of sp³-hybridized carbons (Fsp3) is 0.600. The zero-order valence-electron chi connectivity index (χ0n) is 8.63. The molecule has 0 bridgehead atoms. The standard InChI is InChI=1S/C10H6F6N2/c11-9(12,13)7-1-2-8(10(14,15)16)6(4-18)5(7)3-17/h1-2,5-8H. The molecule has 0 spiro atoms. The summed E-state index contributed by atoms with van der Waals surface area (Å²) in [5, 5.41) is 17.2. The van der Waals surface area contributed by atoms with E-state index in [-0.39, 0.29) is 0 Å². The molecular formula is C10H6F6N2. The van der Waals surface area contributed by atoms with Crippen molar-refractivity contribution < 1.29 is 26.3 Å². The first-order valence-electron chi connectivity index (χ1n) is 4.74. The average Bonchev–Trinajstić information content (AvgIpc) is 2.24. The molecule has 4 unspecified atom stereocenters. The van der Waals surface area contributed by atoms with E-state index in [9.17, 15) is 26.3 Å². The van der Waals surface area contributed by atoms with Crippen molar-refractivity contribution in [3.05, 3.63) is 12.2 Å². The Morgan fingerprint density at radius 1 is 0.722 bits per heavy atom. The van der Waals surface area contributed by atoms with Crippen LogP contribution < -0.4 is 0 Å². The van der Waals surface area contributed by atoms with Crippen LogP contribution in [-0.4, -0.2) is 12.4 Å². The number of rotatable bonds is 0. The van der Waals surface area contributed by atoms with Crippen LogP contribution in [0.2, 0.25) is 0 Å². The summed E-state index contributed by atoms with van der Waals surface area (Å²) in [6.45, 7) is 0. The Labute approximate surface area is 98.1 Å². The molecule has 1 rings (SSSR count). The van der Waals surface area contributed by atoms with Crippen LogP contribution in [-0.2, 0) is 0 Å². The SMILES string of the molecule is N#CC1C(C#N)C(C(F)(F)F)C=CC1C(F)(F)F. The highest BCUT2D eigenvalue weighted by atomic mass is 19.4. The third kappa shape index (κ3) is 2.58. The van der Waals surface area contributed by atoms with Crippen LogP contribution in [0.25, 0.3) is 0 Å². The van der Waals surface area contributed by atoms with Gasteiger partial charge in [0.1, 0.15) is 0 Å². The van der Waals surface area contributed by atoms with Crippen LogP contribution in [0.5, 0.6) is 0 Å². The molecule has 0 aromatic heterocycles. The van der Waals surface area contributed by atoms with E-state index in [1.54, 1.807) is 0 Å². The van der Waals surface area contributed by atoms with E-state index in [0.29, 0.717) is 12.2 Å². The molecule has 2 nitrogen and oxygen atoms in total. The molecule has 0 amide bonds. The quantitative estimate of drug-likeness (QED) is 0.500. The molecule has 0 fully saturated rings. The highest BCUT2D eigenvalue weighted by Gasteiger charge is 2.55. The fourth-order valence-electron chi connectivity index (χ4n) is 1.87. The van der Waals surface area contributed by atoms with Gasteiger partial charge in [0.15, 0.2) is 0 Å². The molecule has 0 saturated heterocycles. The summed E-state index contributed by atoms with van der Waals surface area (Å²) in [6.07, 6.45) is -9.05. The maximum atomic E-state index is 12.5. The number of hydrogen-bond donors (Lipinski definition) is 0. The Bertz CT molecular complexity index is 382. The van der Waals surface area contributed by atoms with E-state index in [4.69, 9.17) is 10.5 Å². The summed E-state index contributed by atoms with van der Waals surface area (Å²) in [5.41, 5.74) is 0. The molecule has 0 heterocycles. The molecule has 0 aliphatic heterocycles. The van der Waals surface area contributed by atoms with Crippen molar-refractivity contribution in [2.24, 2.45) is 23.7 Å². The van der Waals surface area contributed by atoms with Crippen molar-refractivity contribution >= 4 is 0 Å². The highest BCUT2D eigenvalue weighted by Crippen LogP contribution is 2.46. The summed E-state index contributed by atoms with van der Waals surface area (Å²) in [4.78, 5) is 0. The molecule has 0 N–H and O–H groups in total. The van der Waals surface area contributed by atoms with E-state index in [1.807, 2.05) is 0 Å². The minimum absolute atomic E-state index is 0.319. The summed E-state index contributed by atoms with van der Waals surface area (Å²) in [6, 6.07) is 2.34. The van der Waals surface area contributed by atoms with E-state index in [2.05, 4.69) is 0 Å². The number of nitrogens with zero attached hydrogens (tertiary/aromatic N) is 2. The number of halogens is 6. The zero-order chi connectivity index (χ0) is 14.1. The van der Waals surface area contributed by atoms with Crippen molar-refractivity contribution in [2.75, 3.05) is 0 Å². The van der Waals surface area contributed by atoms with Crippen LogP contribution >= 0.6 is 0 Å². The van der Waals surface area contributed by atoms with Gasteiger partial charge in [0.05, 0.1) is 35.8 Å². The third-order valence-corrected chi connectivity index (χ3v) is 2.74. The number of nitriles is 2. The summed E-state index contributed by atoms with van der Waals surface area (Å²) >= 11 is 0. The lowest BCUT2D eigenvalue weighted by molar-refractivity contribution is -0.198. The van der Waals surface area contributed by atoms with Crippen molar-refractivity contribution in [1.82, 2.24) is 0 Å². The first-order chi connectivity index (χ1) is 8.12. The van der Waals surface area contributed by atoms with Crippen LogP contribution in [0.1, 0.15) is 0 Å². The zero-order valence-corrected chi connectivity index (χ0v) is 8.63. The molecule has 18 heavy (non-hydrogen) atoms. The predicted molar refractivity (Wildman–Crippen MR) is 46.4 cm³/mol. The van der Waals surface area contributed by atoms with Gasteiger partial charge in [0.2, 0.25) is 0 Å². The molecule has 4 atom stereocenters. The van der Waals surface area contributed by atoms with E-state index in [1.165, 1.54) is 12.1 Å². The van der Waals surface area contributed by atoms with Gasteiger partial charge in [-0.25, -0.2) is 0 Å². The average molecular weight is 268 g/mol. The smallest absolute Gasteiger partial charge is 0.198 e. The maximum Gasteiger partial charge on any atom is 0.396 e. The van der Waals surface area contributed by atoms with Gasteiger partial charge in [-0.3, -0.25) is 0 Å². The monoisotopic (exact) mass is 268 g/mol. The Balaban J connectivity index is 3.22. The summed E-state index contributed by atoms with van der Waals surface area (Å²) in [7, 11) is 0. The molecule has 1 aliphatic carbocycles. The number of hydrogen-bond acceptors (Lipinski definition) is 2. The van der Waals surface area contributed by atoms with Gasteiger partial charge in [-0.1, -0.05) is 12.2 Å². The Morgan fingerprint density at radius 3 is 1.17 bits per heavy atom. The molecule has 8 heteroatoms. The predicted octanol–water partition coefficient (Wildman–Crippen LogP) is 3.19. The second-order valence-electron chi connectivity index (χ2n) is 3.83. The van der Waals surface area contributed by atoms with Crippen LogP contribution in [0.15, 0.2) is 12.2 Å². The lowest BCUT2D eigenvalue weighted by Gasteiger charge is -2.33. The molecule has 0 saturated carbocycles. The minimum atomic E-state index is -4.84. The maximum absolute atomic E-state index is 12.5. The lowest BCUT2D eigenvalue weighted by Crippen LogP contribution is -2.42. The van der Waals surface area contributed by atoms with E-state index < -0.39 is 36.0 Å². The van der Waals surface area contributed by atoms with Crippen LogP contribution in [0.4, 0.5) is 26.3 Å². The van der Waals surface area contributed by atoms with Gasteiger partial charge in [0, 0.05) is 0 Å². The van der Waals surface area contributed by atoms with Crippen molar-refractivity contribution in [3.63, 3.8) is 0 Å². The molecule has 0 aromatic rings. The van der Waals surface area contributed by atoms with Gasteiger partial charge in [-0.2, -0.15) is 36.9 Å². The lowest BCUT2D eigenvalue weighted by atomic mass is 9.71. The van der Waals surface area contributed by atoms with Gasteiger partial charge < -0.3 is 0 Å². The van der Waals surface area contributed by atoms with Crippen molar-refractivity contribution in [3.8, 4) is 12.1 Å². The Hall–Kier alpha value is -1.70. The molecule has 0 aromatic carbocycles. The molecule has 1 aliphatic rings. The Kier molecular flexibility index (Phi) is 3.61. The van der Waals surface area contributed by atoms with Gasteiger partial charge >= 0.3 is 12.4 Å². The third-order valence-electron chi connectivity index (χ3n) is 2.74. The fourth-order valence-corrected chi connectivity index (χ4v) is 1.87. The molecule has 0 radical (unpaired) electrons. The molecular weight excluding hydrogens is 262 g/mol. The highest BCUT2D eigenvalue weighted by molar-refractivity contribution is 5.18. The first-order valence-corrected chi connectivity index (χ1v) is 4.74. The second kappa shape index (κ2) is 4.52. The number of allylic oxidation sites excluding steroid dienone is 2. The number of alkyl halides is 6. The van der Waals surface area contributed by atoms with Gasteiger partial charge in [0.25, 0.3) is 0 Å². The van der Waals surface area contributed by atoms with Crippen LogP contribution in [0.3, 0.4) is 0 Å². The van der Waals surface area contributed by atoms with Gasteiger partial charge in [-0.05, 0) is 0 Å². The largest absolute Gasteiger partial charge is 0.396 e. The Morgan fingerprint density at radius 2 is 1.00 bits per heavy atom. The van der Waals surface area contributed by atoms with Crippen molar-refractivity contribution in [1.29, 1.82) is 10.5 Å². The molecule has 98 valence electrons. The summed E-state index contributed by atoms with van der Waals surface area (Å²) in [5.74, 6) is -8.78. The second-order valence-corrected chi connectivity index (χ2v) is 3.83. The van der Waals surface area contributed by atoms with Gasteiger partial charge in [-0.15, -0.1) is 0 Å². The normalized spacial score (nSPS) is 32.7. The minimum Gasteiger partial charge on any atom is -0.198 e.